The van der Waals surface area contributed by atoms with Crippen molar-refractivity contribution in [1.82, 2.24) is 10.6 Å². The summed E-state index contributed by atoms with van der Waals surface area (Å²) in [7, 11) is 0. The minimum atomic E-state index is -0.902. The predicted octanol–water partition coefficient (Wildman–Crippen LogP) is 3.32. The summed E-state index contributed by atoms with van der Waals surface area (Å²) in [5.74, 6) is -2.52. The summed E-state index contributed by atoms with van der Waals surface area (Å²) in [6.07, 6.45) is 0. The molecular weight excluding hydrogens is 397 g/mol. The number of carbonyl (C=O) groups is 3. The molecule has 3 N–H and O–H groups in total. The van der Waals surface area contributed by atoms with Crippen LogP contribution in [0.1, 0.15) is 27.0 Å². The van der Waals surface area contributed by atoms with E-state index in [4.69, 9.17) is 0 Å². The zero-order valence-electron chi connectivity index (χ0n) is 16.9. The molecule has 0 aliphatic heterocycles. The molecule has 0 radical (unpaired) electrons. The summed E-state index contributed by atoms with van der Waals surface area (Å²) in [6, 6.07) is 19.8. The minimum Gasteiger partial charge on any atom is -0.348 e. The lowest BCUT2D eigenvalue weighted by atomic mass is 10.1. The normalized spacial score (nSPS) is 10.3. The predicted molar refractivity (Wildman–Crippen MR) is 116 cm³/mol. The van der Waals surface area contributed by atoms with Gasteiger partial charge in [-0.2, -0.15) is 0 Å². The van der Waals surface area contributed by atoms with Crippen LogP contribution in [0.4, 0.5) is 10.1 Å². The van der Waals surface area contributed by atoms with Gasteiger partial charge in [0.1, 0.15) is 5.82 Å². The first-order valence-corrected chi connectivity index (χ1v) is 9.69. The number of nitrogens with one attached hydrogen (secondary N) is 3. The molecule has 3 aromatic rings. The van der Waals surface area contributed by atoms with Crippen LogP contribution >= 0.6 is 0 Å². The summed E-state index contributed by atoms with van der Waals surface area (Å²) >= 11 is 0. The van der Waals surface area contributed by atoms with E-state index in [0.717, 1.165) is 11.1 Å². The van der Waals surface area contributed by atoms with Crippen molar-refractivity contribution in [3.8, 4) is 0 Å². The number of para-hydroxylation sites is 1. The Morgan fingerprint density at radius 3 is 2.00 bits per heavy atom. The van der Waals surface area contributed by atoms with Gasteiger partial charge in [0.15, 0.2) is 0 Å². The number of hydrogen-bond acceptors (Lipinski definition) is 3. The van der Waals surface area contributed by atoms with Crippen LogP contribution < -0.4 is 16.0 Å². The molecule has 0 bridgehead atoms. The van der Waals surface area contributed by atoms with E-state index in [-0.39, 0.29) is 29.5 Å². The van der Waals surface area contributed by atoms with Gasteiger partial charge in [0.05, 0.1) is 11.3 Å². The molecule has 3 aromatic carbocycles. The second kappa shape index (κ2) is 10.2. The zero-order valence-corrected chi connectivity index (χ0v) is 16.9. The molecule has 0 fully saturated rings. The van der Waals surface area contributed by atoms with Crippen molar-refractivity contribution in [1.29, 1.82) is 0 Å². The molecule has 0 aliphatic rings. The van der Waals surface area contributed by atoms with Crippen LogP contribution in [0, 0.1) is 12.7 Å². The minimum absolute atomic E-state index is 0.0746. The first kappa shape index (κ1) is 21.7. The van der Waals surface area contributed by atoms with Crippen LogP contribution in [-0.2, 0) is 22.7 Å². The van der Waals surface area contributed by atoms with Gasteiger partial charge in [0.2, 0.25) is 0 Å². The lowest BCUT2D eigenvalue weighted by Crippen LogP contribution is -2.35. The molecule has 158 valence electrons. The number of anilines is 1. The second-order valence-electron chi connectivity index (χ2n) is 6.98. The molecule has 0 unspecified atom stereocenters. The third-order valence-corrected chi connectivity index (χ3v) is 4.57. The van der Waals surface area contributed by atoms with E-state index in [9.17, 15) is 18.8 Å². The van der Waals surface area contributed by atoms with Crippen molar-refractivity contribution in [2.45, 2.75) is 20.0 Å². The molecule has 0 aliphatic carbocycles. The quantitative estimate of drug-likeness (QED) is 0.536. The number of carbonyl (C=O) groups excluding carboxylic acids is 3. The van der Waals surface area contributed by atoms with Crippen LogP contribution in [-0.4, -0.2) is 17.7 Å². The first-order valence-electron chi connectivity index (χ1n) is 9.69. The molecule has 0 heterocycles. The van der Waals surface area contributed by atoms with Gasteiger partial charge in [0.25, 0.3) is 5.91 Å². The average molecular weight is 419 g/mol. The fourth-order valence-corrected chi connectivity index (χ4v) is 2.82. The summed E-state index contributed by atoms with van der Waals surface area (Å²) in [5.41, 5.74) is 3.19. The maximum Gasteiger partial charge on any atom is 0.313 e. The van der Waals surface area contributed by atoms with Crippen LogP contribution in [0.2, 0.25) is 0 Å². The molecule has 0 saturated carbocycles. The SMILES string of the molecule is Cc1ccc(CNC(=O)c2ccccc2NC(=O)C(=O)NCc2ccc(F)cc2)cc1. The van der Waals surface area contributed by atoms with E-state index in [1.165, 1.54) is 24.3 Å². The fraction of sp³-hybridized carbons (Fsp3) is 0.125. The van der Waals surface area contributed by atoms with Gasteiger partial charge in [-0.05, 0) is 42.3 Å². The molecule has 0 saturated heterocycles. The van der Waals surface area contributed by atoms with Crippen molar-refractivity contribution >= 4 is 23.4 Å². The topological polar surface area (TPSA) is 87.3 Å². The standard InChI is InChI=1S/C24H22FN3O3/c1-16-6-8-17(9-7-16)14-26-22(29)20-4-2-3-5-21(20)28-24(31)23(30)27-15-18-10-12-19(25)13-11-18/h2-13H,14-15H2,1H3,(H,26,29)(H,27,30)(H,28,31). The van der Waals surface area contributed by atoms with Gasteiger partial charge < -0.3 is 16.0 Å². The van der Waals surface area contributed by atoms with Crippen molar-refractivity contribution in [3.05, 3.63) is 101 Å². The maximum absolute atomic E-state index is 12.9. The third kappa shape index (κ3) is 6.24. The Kier molecular flexibility index (Phi) is 7.11. The Hall–Kier alpha value is -4.00. The molecule has 0 aromatic heterocycles. The van der Waals surface area contributed by atoms with Gasteiger partial charge in [-0.3, -0.25) is 14.4 Å². The highest BCUT2D eigenvalue weighted by Gasteiger charge is 2.17. The monoisotopic (exact) mass is 419 g/mol. The Balaban J connectivity index is 1.58. The zero-order chi connectivity index (χ0) is 22.2. The summed E-state index contributed by atoms with van der Waals surface area (Å²) < 4.78 is 12.9. The van der Waals surface area contributed by atoms with E-state index in [1.807, 2.05) is 31.2 Å². The lowest BCUT2D eigenvalue weighted by Gasteiger charge is -2.12. The molecule has 0 atom stereocenters. The number of benzene rings is 3. The maximum atomic E-state index is 12.9. The van der Waals surface area contributed by atoms with Gasteiger partial charge in [-0.15, -0.1) is 0 Å². The Labute approximate surface area is 179 Å². The highest BCUT2D eigenvalue weighted by Crippen LogP contribution is 2.15. The molecule has 0 spiro atoms. The number of aryl methyl sites for hydroxylation is 1. The Morgan fingerprint density at radius 2 is 1.32 bits per heavy atom. The second-order valence-corrected chi connectivity index (χ2v) is 6.98. The number of rotatable bonds is 6. The molecular formula is C24H22FN3O3. The highest BCUT2D eigenvalue weighted by molar-refractivity contribution is 6.40. The van der Waals surface area contributed by atoms with E-state index >= 15 is 0 Å². The van der Waals surface area contributed by atoms with E-state index in [1.54, 1.807) is 24.3 Å². The van der Waals surface area contributed by atoms with Crippen LogP contribution in [0.25, 0.3) is 0 Å². The van der Waals surface area contributed by atoms with Crippen molar-refractivity contribution < 1.29 is 18.8 Å². The van der Waals surface area contributed by atoms with Crippen molar-refractivity contribution in [3.63, 3.8) is 0 Å². The number of amides is 3. The Bertz CT molecular complexity index is 1080. The highest BCUT2D eigenvalue weighted by atomic mass is 19.1. The van der Waals surface area contributed by atoms with Crippen molar-refractivity contribution in [2.75, 3.05) is 5.32 Å². The first-order chi connectivity index (χ1) is 14.9. The molecule has 6 nitrogen and oxygen atoms in total. The fourth-order valence-electron chi connectivity index (χ4n) is 2.82. The number of halogens is 1. The van der Waals surface area contributed by atoms with Crippen LogP contribution in [0.5, 0.6) is 0 Å². The van der Waals surface area contributed by atoms with Gasteiger partial charge in [-0.25, -0.2) is 4.39 Å². The van der Waals surface area contributed by atoms with Gasteiger partial charge >= 0.3 is 11.8 Å². The average Bonchev–Trinajstić information content (AvgIpc) is 2.78. The van der Waals surface area contributed by atoms with Crippen LogP contribution in [0.15, 0.2) is 72.8 Å². The summed E-state index contributed by atoms with van der Waals surface area (Å²) in [5, 5.41) is 7.74. The van der Waals surface area contributed by atoms with Gasteiger partial charge in [0, 0.05) is 13.1 Å². The molecule has 3 rings (SSSR count). The summed E-state index contributed by atoms with van der Waals surface area (Å²) in [6.45, 7) is 2.39. The van der Waals surface area contributed by atoms with E-state index in [2.05, 4.69) is 16.0 Å². The van der Waals surface area contributed by atoms with Crippen LogP contribution in [0.3, 0.4) is 0 Å². The molecule has 31 heavy (non-hydrogen) atoms. The van der Waals surface area contributed by atoms with E-state index in [0.29, 0.717) is 12.1 Å². The van der Waals surface area contributed by atoms with E-state index < -0.39 is 11.8 Å². The Morgan fingerprint density at radius 1 is 0.742 bits per heavy atom. The lowest BCUT2D eigenvalue weighted by molar-refractivity contribution is -0.136. The third-order valence-electron chi connectivity index (χ3n) is 4.57. The number of hydrogen-bond donors (Lipinski definition) is 3. The smallest absolute Gasteiger partial charge is 0.313 e. The molecule has 3 amide bonds. The molecule has 7 heteroatoms. The van der Waals surface area contributed by atoms with Crippen molar-refractivity contribution in [2.24, 2.45) is 0 Å². The largest absolute Gasteiger partial charge is 0.348 e. The van der Waals surface area contributed by atoms with Gasteiger partial charge in [-0.1, -0.05) is 54.1 Å². The summed E-state index contributed by atoms with van der Waals surface area (Å²) in [4.78, 5) is 37.0.